The van der Waals surface area contributed by atoms with Crippen LogP contribution in [-0.4, -0.2) is 12.4 Å². The van der Waals surface area contributed by atoms with Gasteiger partial charge in [-0.25, -0.2) is 8.78 Å². The van der Waals surface area contributed by atoms with Gasteiger partial charge < -0.3 is 0 Å². The fourth-order valence-electron chi connectivity index (χ4n) is 1.04. The molecule has 0 aliphatic carbocycles. The monoisotopic (exact) mass is 312 g/mol. The molecular weight excluding hydrogens is 312 g/mol. The minimum absolute atomic E-state index is 4.23. The van der Waals surface area contributed by atoms with Crippen LogP contribution in [0.2, 0.25) is 0 Å². The van der Waals surface area contributed by atoms with Gasteiger partial charge in [0.1, 0.15) is 0 Å². The van der Waals surface area contributed by atoms with Gasteiger partial charge in [0.15, 0.2) is 11.7 Å². The van der Waals surface area contributed by atoms with E-state index in [9.17, 15) is 52.7 Å². The van der Waals surface area contributed by atoms with Crippen molar-refractivity contribution in [3.8, 4) is 0 Å². The number of hydrogen-bond acceptors (Lipinski definition) is 0. The first-order valence-corrected chi connectivity index (χ1v) is 3.77. The van der Waals surface area contributed by atoms with Crippen LogP contribution in [0, 0.1) is 5.41 Å². The van der Waals surface area contributed by atoms with E-state index in [1.54, 1.807) is 0 Å². The summed E-state index contributed by atoms with van der Waals surface area (Å²) in [5, 5.41) is 0. The third-order valence-corrected chi connectivity index (χ3v) is 1.84. The average molecular weight is 312 g/mol. The van der Waals surface area contributed by atoms with Crippen LogP contribution in [-0.2, 0) is 0 Å². The van der Waals surface area contributed by atoms with E-state index in [2.05, 4.69) is 0 Å². The summed E-state index contributed by atoms with van der Waals surface area (Å²) in [5.41, 5.74) is -6.74. The second-order valence-corrected chi connectivity index (χ2v) is 2.89. The Kier molecular flexibility index (Phi) is 4.61. The molecule has 0 aromatic rings. The van der Waals surface area contributed by atoms with E-state index in [1.807, 2.05) is 0 Å². The molecule has 0 rings (SSSR count). The summed E-state index contributed by atoms with van der Waals surface area (Å²) in [4.78, 5) is 0. The molecule has 0 N–H and O–H groups in total. The molecule has 12 heteroatoms. The molecular formula is C7F12. The summed E-state index contributed by atoms with van der Waals surface area (Å²) < 4.78 is 145. The zero-order chi connectivity index (χ0) is 15.8. The maximum absolute atomic E-state index is 12.5. The van der Waals surface area contributed by atoms with Crippen LogP contribution in [0.25, 0.3) is 0 Å². The lowest BCUT2D eigenvalue weighted by molar-refractivity contribution is -0.323. The molecule has 0 amide bonds. The van der Waals surface area contributed by atoms with E-state index >= 15 is 0 Å². The van der Waals surface area contributed by atoms with Crippen LogP contribution in [0.15, 0.2) is 23.8 Å². The fraction of sp³-hybridized carbons (Fsp3) is 0.429. The zero-order valence-electron chi connectivity index (χ0n) is 8.04. The smallest absolute Gasteiger partial charge is 0.204 e. The van der Waals surface area contributed by atoms with E-state index in [1.165, 1.54) is 0 Å². The Bertz CT molecular complexity index is 359. The highest BCUT2D eigenvalue weighted by molar-refractivity contribution is 5.29. The van der Waals surface area contributed by atoms with Crippen molar-refractivity contribution in [3.63, 3.8) is 0 Å². The number of rotatable bonds is 2. The number of halogens is 12. The Morgan fingerprint density at radius 3 is 0.789 bits per heavy atom. The summed E-state index contributed by atoms with van der Waals surface area (Å²) in [6.07, 6.45) is -22.8. The molecule has 0 heterocycles. The fourth-order valence-corrected chi connectivity index (χ4v) is 1.04. The second-order valence-electron chi connectivity index (χ2n) is 2.89. The van der Waals surface area contributed by atoms with Crippen LogP contribution in [0.3, 0.4) is 0 Å². The molecule has 0 aromatic heterocycles. The van der Waals surface area contributed by atoms with Crippen LogP contribution in [0.1, 0.15) is 0 Å². The van der Waals surface area contributed by atoms with Crippen molar-refractivity contribution in [1.82, 2.24) is 0 Å². The van der Waals surface area contributed by atoms with E-state index < -0.39 is 41.6 Å². The lowest BCUT2D eigenvalue weighted by Crippen LogP contribution is -2.51. The largest absolute Gasteiger partial charge is 0.416 e. The maximum Gasteiger partial charge on any atom is 0.416 e. The molecule has 0 spiro atoms. The van der Waals surface area contributed by atoms with Gasteiger partial charge in [0.05, 0.1) is 0 Å². The molecule has 0 atom stereocenters. The van der Waals surface area contributed by atoms with E-state index in [-0.39, 0.29) is 0 Å². The van der Waals surface area contributed by atoms with Crippen LogP contribution < -0.4 is 0 Å². The molecule has 0 unspecified atom stereocenters. The van der Waals surface area contributed by atoms with E-state index in [0.29, 0.717) is 0 Å². The first-order valence-electron chi connectivity index (χ1n) is 3.77. The highest BCUT2D eigenvalue weighted by Crippen LogP contribution is 2.61. The Hall–Kier alpha value is -1.36. The predicted molar refractivity (Wildman–Crippen MR) is 35.2 cm³/mol. The average Bonchev–Trinajstić information content (AvgIpc) is 2.12. The summed E-state index contributed by atoms with van der Waals surface area (Å²) in [5.74, 6) is -8.81. The van der Waals surface area contributed by atoms with Crippen molar-refractivity contribution in [3.05, 3.63) is 23.8 Å². The lowest BCUT2D eigenvalue weighted by Gasteiger charge is -2.33. The van der Waals surface area contributed by atoms with Gasteiger partial charge in [-0.15, -0.1) is 0 Å². The topological polar surface area (TPSA) is 0 Å². The predicted octanol–water partition coefficient (Wildman–Crippen LogP) is 5.25. The van der Waals surface area contributed by atoms with Crippen molar-refractivity contribution >= 4 is 0 Å². The second kappa shape index (κ2) is 4.96. The molecule has 112 valence electrons. The van der Waals surface area contributed by atoms with Crippen LogP contribution >= 0.6 is 0 Å². The SMILES string of the molecule is FC(F)=C(F)C(C(F)=C(F)F)(C(F)(F)F)C(F)(F)F. The molecule has 0 aliphatic rings. The molecule has 0 fully saturated rings. The Balaban J connectivity index is 6.79. The minimum atomic E-state index is -7.15. The van der Waals surface area contributed by atoms with E-state index in [0.717, 1.165) is 0 Å². The molecule has 0 aliphatic heterocycles. The molecule has 0 radical (unpaired) electrons. The van der Waals surface area contributed by atoms with Crippen molar-refractivity contribution in [1.29, 1.82) is 0 Å². The molecule has 0 saturated carbocycles. The van der Waals surface area contributed by atoms with Gasteiger partial charge in [-0.05, 0) is 0 Å². The molecule has 0 nitrogen and oxygen atoms in total. The van der Waals surface area contributed by atoms with Crippen molar-refractivity contribution in [2.24, 2.45) is 5.41 Å². The van der Waals surface area contributed by atoms with Gasteiger partial charge in [0.2, 0.25) is 0 Å². The van der Waals surface area contributed by atoms with Crippen molar-refractivity contribution in [2.75, 3.05) is 0 Å². The lowest BCUT2D eigenvalue weighted by atomic mass is 9.83. The molecule has 19 heavy (non-hydrogen) atoms. The summed E-state index contributed by atoms with van der Waals surface area (Å²) in [7, 11) is 0. The van der Waals surface area contributed by atoms with Crippen LogP contribution in [0.5, 0.6) is 0 Å². The Morgan fingerprint density at radius 2 is 0.684 bits per heavy atom. The molecule has 0 bridgehead atoms. The van der Waals surface area contributed by atoms with Crippen molar-refractivity contribution in [2.45, 2.75) is 12.4 Å². The number of hydrogen-bond donors (Lipinski definition) is 0. The van der Waals surface area contributed by atoms with Gasteiger partial charge in [-0.2, -0.15) is 43.9 Å². The van der Waals surface area contributed by atoms with Gasteiger partial charge in [-0.1, -0.05) is 0 Å². The number of allylic oxidation sites excluding steroid dienone is 2. The van der Waals surface area contributed by atoms with E-state index in [4.69, 9.17) is 0 Å². The number of alkyl halides is 6. The molecule has 0 aromatic carbocycles. The minimum Gasteiger partial charge on any atom is -0.204 e. The third-order valence-electron chi connectivity index (χ3n) is 1.84. The van der Waals surface area contributed by atoms with Gasteiger partial charge in [0.25, 0.3) is 5.41 Å². The van der Waals surface area contributed by atoms with Crippen LogP contribution in [0.4, 0.5) is 52.7 Å². The first kappa shape index (κ1) is 17.6. The highest BCUT2D eigenvalue weighted by atomic mass is 19.4. The summed E-state index contributed by atoms with van der Waals surface area (Å²) >= 11 is 0. The highest BCUT2D eigenvalue weighted by Gasteiger charge is 2.79. The Morgan fingerprint density at radius 1 is 0.474 bits per heavy atom. The molecule has 0 saturated heterocycles. The maximum atomic E-state index is 12.5. The summed E-state index contributed by atoms with van der Waals surface area (Å²) in [6, 6.07) is 0. The Labute approximate surface area is 95.5 Å². The summed E-state index contributed by atoms with van der Waals surface area (Å²) in [6.45, 7) is 0. The van der Waals surface area contributed by atoms with Crippen molar-refractivity contribution < 1.29 is 52.7 Å². The standard InChI is InChI=1S/C7F12/c8-1(3(10)11)5(6(14,15)16,7(17,18)19)2(9)4(12)13. The van der Waals surface area contributed by atoms with Gasteiger partial charge in [-0.3, -0.25) is 0 Å². The third kappa shape index (κ3) is 2.66. The zero-order valence-corrected chi connectivity index (χ0v) is 8.04. The normalized spacial score (nSPS) is 13.3. The van der Waals surface area contributed by atoms with Gasteiger partial charge >= 0.3 is 24.5 Å². The quantitative estimate of drug-likeness (QED) is 0.611. The van der Waals surface area contributed by atoms with Gasteiger partial charge in [0, 0.05) is 0 Å². The first-order chi connectivity index (χ1) is 8.21.